The third-order valence-electron chi connectivity index (χ3n) is 6.26. The second kappa shape index (κ2) is 11.9. The van der Waals surface area contributed by atoms with E-state index in [1.807, 2.05) is 43.0 Å². The van der Waals surface area contributed by atoms with Crippen LogP contribution in [-0.4, -0.2) is 78.6 Å². The number of benzene rings is 1. The Morgan fingerprint density at radius 1 is 1.03 bits per heavy atom. The molecule has 1 aromatic rings. The van der Waals surface area contributed by atoms with Gasteiger partial charge in [0.05, 0.1) is 6.61 Å². The lowest BCUT2D eigenvalue weighted by Crippen LogP contribution is -2.56. The molecule has 0 aromatic heterocycles. The van der Waals surface area contributed by atoms with E-state index in [0.29, 0.717) is 19.7 Å². The van der Waals surface area contributed by atoms with E-state index in [0.717, 1.165) is 50.2 Å². The summed E-state index contributed by atoms with van der Waals surface area (Å²) in [5, 5.41) is 2.76. The maximum atomic E-state index is 13.1. The number of hydrogen-bond acceptors (Lipinski definition) is 6. The van der Waals surface area contributed by atoms with Crippen LogP contribution in [0.2, 0.25) is 0 Å². The summed E-state index contributed by atoms with van der Waals surface area (Å²) < 4.78 is 11.2. The van der Waals surface area contributed by atoms with Crippen LogP contribution in [0.3, 0.4) is 0 Å². The van der Waals surface area contributed by atoms with Crippen molar-refractivity contribution in [1.82, 2.24) is 15.1 Å². The number of nitrogens with zero attached hydrogens (tertiary/aromatic N) is 2. The van der Waals surface area contributed by atoms with E-state index < -0.39 is 17.7 Å². The van der Waals surface area contributed by atoms with Crippen LogP contribution in [0.5, 0.6) is 5.75 Å². The summed E-state index contributed by atoms with van der Waals surface area (Å²) in [6, 6.07) is 6.85. The number of piperazine rings is 1. The van der Waals surface area contributed by atoms with E-state index in [-0.39, 0.29) is 23.5 Å². The second-order valence-electron chi connectivity index (χ2n) is 10.9. The molecule has 3 rings (SSSR count). The van der Waals surface area contributed by atoms with E-state index >= 15 is 0 Å². The number of carbonyl (C=O) groups excluding carboxylic acids is 3. The molecule has 2 amide bonds. The molecule has 8 heteroatoms. The second-order valence-corrected chi connectivity index (χ2v) is 10.9. The van der Waals surface area contributed by atoms with Crippen molar-refractivity contribution in [1.29, 1.82) is 0 Å². The average Bonchev–Trinajstić information content (AvgIpc) is 3.64. The largest absolute Gasteiger partial charge is 0.494 e. The standard InChI is InChI=1S/C27H41N3O5/c1-19(2)23(28-26(33)35-27(3,4)5)25(32)30-16-14-29(15-17-30)13-6-18-34-22-11-9-21(10-12-22)24(31)20-7-8-20/h9-12,19-20,23H,6-8,13-18H2,1-5H3,(H,28,33)/t23-/m1/s1. The molecule has 0 spiro atoms. The maximum absolute atomic E-state index is 13.1. The van der Waals surface area contributed by atoms with E-state index in [4.69, 9.17) is 9.47 Å². The number of nitrogens with one attached hydrogen (secondary N) is 1. The molecule has 0 radical (unpaired) electrons. The van der Waals surface area contributed by atoms with E-state index in [2.05, 4.69) is 10.2 Å². The molecule has 1 N–H and O–H groups in total. The topological polar surface area (TPSA) is 88.2 Å². The van der Waals surface area contributed by atoms with Crippen molar-refractivity contribution in [3.05, 3.63) is 29.8 Å². The highest BCUT2D eigenvalue weighted by molar-refractivity contribution is 5.99. The van der Waals surface area contributed by atoms with Gasteiger partial charge in [0.25, 0.3) is 0 Å². The molecule has 2 aliphatic rings. The number of alkyl carbamates (subject to hydrolysis) is 1. The smallest absolute Gasteiger partial charge is 0.408 e. The van der Waals surface area contributed by atoms with Crippen LogP contribution in [0.25, 0.3) is 0 Å². The zero-order chi connectivity index (χ0) is 25.6. The van der Waals surface area contributed by atoms with Gasteiger partial charge in [-0.05, 0) is 70.2 Å². The Kier molecular flexibility index (Phi) is 9.16. The highest BCUT2D eigenvalue weighted by Gasteiger charge is 2.32. The molecule has 1 saturated heterocycles. The lowest BCUT2D eigenvalue weighted by atomic mass is 10.0. The molecule has 35 heavy (non-hydrogen) atoms. The van der Waals surface area contributed by atoms with Crippen LogP contribution in [0.4, 0.5) is 4.79 Å². The number of Topliss-reactive ketones (excluding diaryl/α,β-unsaturated/α-hetero) is 1. The highest BCUT2D eigenvalue weighted by Crippen LogP contribution is 2.32. The van der Waals surface area contributed by atoms with Gasteiger partial charge in [0.1, 0.15) is 17.4 Å². The molecule has 1 saturated carbocycles. The fourth-order valence-electron chi connectivity index (χ4n) is 4.11. The summed E-state index contributed by atoms with van der Waals surface area (Å²) in [7, 11) is 0. The molecular weight excluding hydrogens is 446 g/mol. The van der Waals surface area contributed by atoms with Crippen molar-refractivity contribution in [2.24, 2.45) is 11.8 Å². The zero-order valence-corrected chi connectivity index (χ0v) is 21.8. The number of ether oxygens (including phenoxy) is 2. The van der Waals surface area contributed by atoms with Gasteiger partial charge in [-0.1, -0.05) is 13.8 Å². The Hall–Kier alpha value is -2.61. The van der Waals surface area contributed by atoms with E-state index in [9.17, 15) is 14.4 Å². The molecular formula is C27H41N3O5. The van der Waals surface area contributed by atoms with Crippen LogP contribution in [0.15, 0.2) is 24.3 Å². The van der Waals surface area contributed by atoms with Gasteiger partial charge in [-0.2, -0.15) is 0 Å². The normalized spacial score (nSPS) is 17.7. The van der Waals surface area contributed by atoms with Crippen molar-refractivity contribution < 1.29 is 23.9 Å². The van der Waals surface area contributed by atoms with Gasteiger partial charge < -0.3 is 19.7 Å². The van der Waals surface area contributed by atoms with E-state index in [1.165, 1.54) is 0 Å². The van der Waals surface area contributed by atoms with Gasteiger partial charge in [-0.3, -0.25) is 14.5 Å². The molecule has 1 aliphatic heterocycles. The molecule has 0 unspecified atom stereocenters. The number of ketones is 1. The summed E-state index contributed by atoms with van der Waals surface area (Å²) in [6.45, 7) is 13.6. The first-order chi connectivity index (χ1) is 16.5. The van der Waals surface area contributed by atoms with Gasteiger partial charge in [-0.25, -0.2) is 4.79 Å². The summed E-state index contributed by atoms with van der Waals surface area (Å²) in [6.07, 6.45) is 2.35. The van der Waals surface area contributed by atoms with Gasteiger partial charge in [-0.15, -0.1) is 0 Å². The SMILES string of the molecule is CC(C)[C@@H](NC(=O)OC(C)(C)C)C(=O)N1CCN(CCCOc2ccc(C(=O)C3CC3)cc2)CC1. The first-order valence-corrected chi connectivity index (χ1v) is 12.8. The van der Waals surface area contributed by atoms with Crippen LogP contribution < -0.4 is 10.1 Å². The van der Waals surface area contributed by atoms with Crippen LogP contribution in [0, 0.1) is 11.8 Å². The Labute approximate surface area is 209 Å². The van der Waals surface area contributed by atoms with Gasteiger partial charge in [0.2, 0.25) is 5.91 Å². The summed E-state index contributed by atoms with van der Waals surface area (Å²) in [4.78, 5) is 41.5. The molecule has 1 atom stereocenters. The summed E-state index contributed by atoms with van der Waals surface area (Å²) in [5.41, 5.74) is 0.163. The van der Waals surface area contributed by atoms with Crippen molar-refractivity contribution in [2.75, 3.05) is 39.3 Å². The third-order valence-corrected chi connectivity index (χ3v) is 6.26. The molecule has 8 nitrogen and oxygen atoms in total. The van der Waals surface area contributed by atoms with Crippen LogP contribution in [-0.2, 0) is 9.53 Å². The Bertz CT molecular complexity index is 866. The van der Waals surface area contributed by atoms with Crippen molar-refractivity contribution in [2.45, 2.75) is 65.5 Å². The predicted octanol–water partition coefficient (Wildman–Crippen LogP) is 3.74. The average molecular weight is 488 g/mol. The number of carbonyl (C=O) groups is 3. The highest BCUT2D eigenvalue weighted by atomic mass is 16.6. The van der Waals surface area contributed by atoms with Crippen LogP contribution in [0.1, 0.15) is 64.2 Å². The van der Waals surface area contributed by atoms with Gasteiger partial charge >= 0.3 is 6.09 Å². The Balaban J connectivity index is 1.36. The minimum atomic E-state index is -0.609. The maximum Gasteiger partial charge on any atom is 0.408 e. The van der Waals surface area contributed by atoms with Gasteiger partial charge in [0.15, 0.2) is 5.78 Å². The third kappa shape index (κ3) is 8.53. The minimum absolute atomic E-state index is 0.0360. The molecule has 0 bridgehead atoms. The molecule has 1 aromatic carbocycles. The minimum Gasteiger partial charge on any atom is -0.494 e. The molecule has 2 fully saturated rings. The van der Waals surface area contributed by atoms with Crippen molar-refractivity contribution in [3.63, 3.8) is 0 Å². The van der Waals surface area contributed by atoms with Crippen molar-refractivity contribution in [3.8, 4) is 5.75 Å². The first kappa shape index (κ1) is 27.0. The quantitative estimate of drug-likeness (QED) is 0.400. The first-order valence-electron chi connectivity index (χ1n) is 12.8. The lowest BCUT2D eigenvalue weighted by Gasteiger charge is -2.37. The summed E-state index contributed by atoms with van der Waals surface area (Å²) >= 11 is 0. The monoisotopic (exact) mass is 487 g/mol. The van der Waals surface area contributed by atoms with Crippen LogP contribution >= 0.6 is 0 Å². The van der Waals surface area contributed by atoms with Crippen molar-refractivity contribution >= 4 is 17.8 Å². The summed E-state index contributed by atoms with van der Waals surface area (Å²) in [5.74, 6) is 1.16. The number of amides is 2. The number of rotatable bonds is 10. The molecule has 194 valence electrons. The Morgan fingerprint density at radius 2 is 1.66 bits per heavy atom. The fourth-order valence-corrected chi connectivity index (χ4v) is 4.11. The predicted molar refractivity (Wildman–Crippen MR) is 135 cm³/mol. The molecule has 1 aliphatic carbocycles. The fraction of sp³-hybridized carbons (Fsp3) is 0.667. The van der Waals surface area contributed by atoms with Gasteiger partial charge in [0, 0.05) is 44.2 Å². The number of hydrogen-bond donors (Lipinski definition) is 1. The molecule has 1 heterocycles. The zero-order valence-electron chi connectivity index (χ0n) is 21.8. The van der Waals surface area contributed by atoms with E-state index in [1.54, 1.807) is 20.8 Å². The Morgan fingerprint density at radius 3 is 2.20 bits per heavy atom. The lowest BCUT2D eigenvalue weighted by molar-refractivity contribution is -0.136.